The molecular weight excluding hydrogens is 260 g/mol. The van der Waals surface area contributed by atoms with Crippen molar-refractivity contribution in [2.45, 2.75) is 32.9 Å². The molecule has 108 valence electrons. The van der Waals surface area contributed by atoms with Gasteiger partial charge in [0.15, 0.2) is 0 Å². The van der Waals surface area contributed by atoms with E-state index < -0.39 is 11.7 Å². The van der Waals surface area contributed by atoms with E-state index in [1.807, 2.05) is 0 Å². The second-order valence-corrected chi connectivity index (χ2v) is 5.06. The highest BCUT2D eigenvalue weighted by Gasteiger charge is 2.16. The standard InChI is InChI=1S/C14H18N2O4/c1-14(2,3)20-13(18)16-11-5-6-12(19-4)10(7-11)8-15-9-17/h5-7H,8H2,1-4H3,(H,16,18). The van der Waals surface area contributed by atoms with Crippen LogP contribution in [-0.2, 0) is 16.1 Å². The molecule has 0 aliphatic carbocycles. The maximum atomic E-state index is 11.7. The SMILES string of the molecule is COc1ccc(NC(=O)OC(C)(C)C)cc1CN=C=O. The smallest absolute Gasteiger partial charge is 0.412 e. The summed E-state index contributed by atoms with van der Waals surface area (Å²) in [5, 5.41) is 2.61. The number of methoxy groups -OCH3 is 1. The molecule has 0 heterocycles. The fraction of sp³-hybridized carbons (Fsp3) is 0.429. The van der Waals surface area contributed by atoms with Gasteiger partial charge in [-0.15, -0.1) is 0 Å². The number of rotatable bonds is 4. The first-order chi connectivity index (χ1) is 9.35. The summed E-state index contributed by atoms with van der Waals surface area (Å²) in [6.07, 6.45) is 0.918. The van der Waals surface area contributed by atoms with Gasteiger partial charge in [0.2, 0.25) is 6.08 Å². The molecule has 6 nitrogen and oxygen atoms in total. The molecular formula is C14H18N2O4. The summed E-state index contributed by atoms with van der Waals surface area (Å²) >= 11 is 0. The Morgan fingerprint density at radius 3 is 2.65 bits per heavy atom. The van der Waals surface area contributed by atoms with Crippen molar-refractivity contribution in [1.82, 2.24) is 0 Å². The van der Waals surface area contributed by atoms with Crippen LogP contribution in [0, 0.1) is 0 Å². The number of aliphatic imine (C=N–C) groups is 1. The van der Waals surface area contributed by atoms with Crippen molar-refractivity contribution in [2.75, 3.05) is 12.4 Å². The minimum atomic E-state index is -0.568. The Bertz CT molecular complexity index is 528. The van der Waals surface area contributed by atoms with E-state index in [1.54, 1.807) is 39.0 Å². The minimum Gasteiger partial charge on any atom is -0.496 e. The predicted octanol–water partition coefficient (Wildman–Crippen LogP) is 2.88. The van der Waals surface area contributed by atoms with Crippen molar-refractivity contribution >= 4 is 17.9 Å². The van der Waals surface area contributed by atoms with Crippen molar-refractivity contribution in [1.29, 1.82) is 0 Å². The molecule has 20 heavy (non-hydrogen) atoms. The highest BCUT2D eigenvalue weighted by Crippen LogP contribution is 2.23. The molecule has 0 saturated carbocycles. The summed E-state index contributed by atoms with van der Waals surface area (Å²) in [6.45, 7) is 5.48. The molecule has 0 bridgehead atoms. The third-order valence-electron chi connectivity index (χ3n) is 2.24. The van der Waals surface area contributed by atoms with E-state index in [9.17, 15) is 9.59 Å². The van der Waals surface area contributed by atoms with Crippen molar-refractivity contribution in [3.05, 3.63) is 23.8 Å². The van der Waals surface area contributed by atoms with E-state index >= 15 is 0 Å². The van der Waals surface area contributed by atoms with Gasteiger partial charge in [-0.2, -0.15) is 0 Å². The molecule has 1 aromatic carbocycles. The number of hydrogen-bond acceptors (Lipinski definition) is 5. The maximum Gasteiger partial charge on any atom is 0.412 e. The first-order valence-corrected chi connectivity index (χ1v) is 6.06. The monoisotopic (exact) mass is 278 g/mol. The largest absolute Gasteiger partial charge is 0.496 e. The third kappa shape index (κ3) is 5.12. The summed E-state index contributed by atoms with van der Waals surface area (Å²) < 4.78 is 10.3. The molecule has 1 amide bonds. The lowest BCUT2D eigenvalue weighted by Gasteiger charge is -2.20. The van der Waals surface area contributed by atoms with Crippen molar-refractivity contribution in [3.63, 3.8) is 0 Å². The molecule has 0 aliphatic rings. The fourth-order valence-corrected chi connectivity index (χ4v) is 1.52. The van der Waals surface area contributed by atoms with Crippen LogP contribution < -0.4 is 10.1 Å². The number of carbonyl (C=O) groups excluding carboxylic acids is 2. The first-order valence-electron chi connectivity index (χ1n) is 6.06. The fourth-order valence-electron chi connectivity index (χ4n) is 1.52. The lowest BCUT2D eigenvalue weighted by Crippen LogP contribution is -2.27. The minimum absolute atomic E-state index is 0.135. The summed E-state index contributed by atoms with van der Waals surface area (Å²) in [4.78, 5) is 25.3. The van der Waals surface area contributed by atoms with Crippen LogP contribution in [0.4, 0.5) is 10.5 Å². The third-order valence-corrected chi connectivity index (χ3v) is 2.24. The molecule has 6 heteroatoms. The lowest BCUT2D eigenvalue weighted by atomic mass is 10.1. The zero-order valence-electron chi connectivity index (χ0n) is 12.0. The van der Waals surface area contributed by atoms with Crippen LogP contribution in [-0.4, -0.2) is 24.9 Å². The van der Waals surface area contributed by atoms with Gasteiger partial charge < -0.3 is 9.47 Å². The van der Waals surface area contributed by atoms with Crippen LogP contribution in [0.2, 0.25) is 0 Å². The van der Waals surface area contributed by atoms with Gasteiger partial charge in [-0.1, -0.05) is 0 Å². The topological polar surface area (TPSA) is 77.0 Å². The van der Waals surface area contributed by atoms with Crippen LogP contribution >= 0.6 is 0 Å². The van der Waals surface area contributed by atoms with Crippen LogP contribution in [0.3, 0.4) is 0 Å². The Morgan fingerprint density at radius 2 is 2.10 bits per heavy atom. The number of isocyanates is 1. The molecule has 0 unspecified atom stereocenters. The summed E-state index contributed by atoms with van der Waals surface area (Å²) in [5.74, 6) is 0.582. The number of hydrogen-bond donors (Lipinski definition) is 1. The molecule has 0 aliphatic heterocycles. The summed E-state index contributed by atoms with van der Waals surface area (Å²) in [6, 6.07) is 5.03. The number of nitrogens with zero attached hydrogens (tertiary/aromatic N) is 1. The van der Waals surface area contributed by atoms with Crippen LogP contribution in [0.5, 0.6) is 5.75 Å². The van der Waals surface area contributed by atoms with Gasteiger partial charge in [0.05, 0.1) is 13.7 Å². The van der Waals surface area contributed by atoms with E-state index in [2.05, 4.69) is 10.3 Å². The van der Waals surface area contributed by atoms with Gasteiger partial charge in [0, 0.05) is 11.3 Å². The zero-order chi connectivity index (χ0) is 15.2. The molecule has 0 spiro atoms. The van der Waals surface area contributed by atoms with Crippen LogP contribution in [0.25, 0.3) is 0 Å². The second-order valence-electron chi connectivity index (χ2n) is 5.06. The molecule has 0 aromatic heterocycles. The van der Waals surface area contributed by atoms with E-state index in [1.165, 1.54) is 13.2 Å². The van der Waals surface area contributed by atoms with Gasteiger partial charge in [-0.3, -0.25) is 5.32 Å². The van der Waals surface area contributed by atoms with Crippen molar-refractivity contribution in [3.8, 4) is 5.75 Å². The molecule has 1 rings (SSSR count). The summed E-state index contributed by atoms with van der Waals surface area (Å²) in [7, 11) is 1.52. The Labute approximate surface area is 117 Å². The molecule has 1 N–H and O–H groups in total. The number of carbonyl (C=O) groups is 1. The number of ether oxygens (including phenoxy) is 2. The van der Waals surface area contributed by atoms with Crippen molar-refractivity contribution in [2.24, 2.45) is 4.99 Å². The molecule has 0 atom stereocenters. The average Bonchev–Trinajstić information content (AvgIpc) is 2.34. The first kappa shape index (κ1) is 15.7. The van der Waals surface area contributed by atoms with Gasteiger partial charge in [-0.25, -0.2) is 14.6 Å². The van der Waals surface area contributed by atoms with Crippen LogP contribution in [0.1, 0.15) is 26.3 Å². The number of anilines is 1. The zero-order valence-corrected chi connectivity index (χ0v) is 12.0. The summed E-state index contributed by atoms with van der Waals surface area (Å²) in [5.41, 5.74) is 0.641. The quantitative estimate of drug-likeness (QED) is 0.678. The Hall–Kier alpha value is -2.33. The van der Waals surface area contributed by atoms with Crippen LogP contribution in [0.15, 0.2) is 23.2 Å². The molecule has 0 fully saturated rings. The van der Waals surface area contributed by atoms with E-state index in [0.717, 1.165) is 0 Å². The van der Waals surface area contributed by atoms with Gasteiger partial charge in [0.25, 0.3) is 0 Å². The predicted molar refractivity (Wildman–Crippen MR) is 74.7 cm³/mol. The van der Waals surface area contributed by atoms with E-state index in [4.69, 9.17) is 9.47 Å². The molecule has 1 aromatic rings. The van der Waals surface area contributed by atoms with Gasteiger partial charge in [-0.05, 0) is 39.0 Å². The average molecular weight is 278 g/mol. The highest BCUT2D eigenvalue weighted by molar-refractivity contribution is 5.85. The number of amides is 1. The number of benzene rings is 1. The van der Waals surface area contributed by atoms with Crippen molar-refractivity contribution < 1.29 is 19.1 Å². The van der Waals surface area contributed by atoms with Gasteiger partial charge >= 0.3 is 6.09 Å². The van der Waals surface area contributed by atoms with E-state index in [-0.39, 0.29) is 6.54 Å². The second kappa shape index (κ2) is 6.73. The highest BCUT2D eigenvalue weighted by atomic mass is 16.6. The maximum absolute atomic E-state index is 11.7. The number of nitrogens with one attached hydrogen (secondary N) is 1. The normalized spacial score (nSPS) is 10.4. The Kier molecular flexibility index (Phi) is 5.29. The molecule has 0 radical (unpaired) electrons. The Balaban J connectivity index is 2.86. The molecule has 0 saturated heterocycles. The van der Waals surface area contributed by atoms with Gasteiger partial charge in [0.1, 0.15) is 11.4 Å². The Morgan fingerprint density at radius 1 is 1.40 bits per heavy atom. The lowest BCUT2D eigenvalue weighted by molar-refractivity contribution is 0.0636. The van der Waals surface area contributed by atoms with E-state index in [0.29, 0.717) is 17.0 Å².